The summed E-state index contributed by atoms with van der Waals surface area (Å²) in [7, 11) is -7.97. The molecule has 0 radical (unpaired) electrons. The lowest BCUT2D eigenvalue weighted by molar-refractivity contribution is 0.560. The van der Waals surface area contributed by atoms with Crippen molar-refractivity contribution in [2.75, 3.05) is 9.44 Å². The molecule has 4 rings (SSSR count). The summed E-state index contributed by atoms with van der Waals surface area (Å²) in [5.74, 6) is 0. The minimum Gasteiger partial charge on any atom is -0.423 e. The number of sulfonamides is 2. The number of nitrogens with one attached hydrogen (secondary N) is 2. The van der Waals surface area contributed by atoms with Crippen molar-refractivity contribution in [3.8, 4) is 0 Å². The number of hydrogen-bond donors (Lipinski definition) is 2. The molecule has 0 amide bonds. The van der Waals surface area contributed by atoms with Gasteiger partial charge < -0.3 is 4.42 Å². The molecule has 8 nitrogen and oxygen atoms in total. The molecule has 13 heteroatoms. The Balaban J connectivity index is 1.74. The topological polar surface area (TPSA) is 123 Å². The smallest absolute Gasteiger partial charge is 0.336 e. The number of benzene rings is 2. The molecule has 0 fully saturated rings. The molecule has 2 N–H and O–H groups in total. The van der Waals surface area contributed by atoms with Gasteiger partial charge in [0.05, 0.1) is 16.3 Å². The summed E-state index contributed by atoms with van der Waals surface area (Å²) in [5.41, 5.74) is -0.111. The van der Waals surface area contributed by atoms with Gasteiger partial charge in [0.15, 0.2) is 0 Å². The highest BCUT2D eigenvalue weighted by Gasteiger charge is 2.22. The monoisotopic (exact) mass is 714 g/mol. The fraction of sp³-hybridized carbons (Fsp3) is 0. The maximum absolute atomic E-state index is 13.1. The molecular weight excluding hydrogens is 702 g/mol. The first-order chi connectivity index (χ1) is 15.0. The fourth-order valence-electron chi connectivity index (χ4n) is 2.75. The van der Waals surface area contributed by atoms with Gasteiger partial charge in [0.25, 0.3) is 20.0 Å². The van der Waals surface area contributed by atoms with Gasteiger partial charge in [-0.1, -0.05) is 6.07 Å². The van der Waals surface area contributed by atoms with Crippen LogP contribution in [0.5, 0.6) is 0 Å². The molecule has 0 aliphatic carbocycles. The van der Waals surface area contributed by atoms with Gasteiger partial charge in [0.1, 0.15) is 9.79 Å². The van der Waals surface area contributed by atoms with E-state index >= 15 is 0 Å². The standard InChI is InChI=1S/C19H12I2N2O6S3/c20-13-9-15(16(10-14(13)21)23-32(27,28)19-2-1-7-30-19)22-31(25,26)12-4-5-17-11(8-12)3-6-18(24)29-17/h1-10,22-23H. The van der Waals surface area contributed by atoms with Crippen LogP contribution in [0.4, 0.5) is 11.4 Å². The van der Waals surface area contributed by atoms with Crippen LogP contribution in [0.25, 0.3) is 11.0 Å². The SMILES string of the molecule is O=c1ccc2cc(S(=O)(=O)Nc3cc(I)c(I)cc3NS(=O)(=O)c3cccs3)ccc2o1. The number of thiophene rings is 1. The van der Waals surface area contributed by atoms with Crippen molar-refractivity contribution in [3.63, 3.8) is 0 Å². The predicted molar refractivity (Wildman–Crippen MR) is 140 cm³/mol. The van der Waals surface area contributed by atoms with Crippen molar-refractivity contribution in [1.82, 2.24) is 0 Å². The van der Waals surface area contributed by atoms with E-state index in [4.69, 9.17) is 4.42 Å². The second-order valence-corrected chi connectivity index (χ2v) is 13.3. The quantitative estimate of drug-likeness (QED) is 0.221. The van der Waals surface area contributed by atoms with Crippen molar-refractivity contribution in [1.29, 1.82) is 0 Å². The van der Waals surface area contributed by atoms with E-state index in [1.54, 1.807) is 23.6 Å². The molecule has 2 aromatic carbocycles. The summed E-state index contributed by atoms with van der Waals surface area (Å²) in [6.45, 7) is 0. The summed E-state index contributed by atoms with van der Waals surface area (Å²) in [6.07, 6.45) is 0. The van der Waals surface area contributed by atoms with Crippen molar-refractivity contribution in [2.24, 2.45) is 0 Å². The van der Waals surface area contributed by atoms with Gasteiger partial charge in [-0.2, -0.15) is 0 Å². The van der Waals surface area contributed by atoms with Crippen LogP contribution in [-0.2, 0) is 20.0 Å². The summed E-state index contributed by atoms with van der Waals surface area (Å²) in [6, 6.07) is 12.9. The summed E-state index contributed by atoms with van der Waals surface area (Å²) >= 11 is 5.13. The lowest BCUT2D eigenvalue weighted by Crippen LogP contribution is -2.17. The Morgan fingerprint density at radius 2 is 1.47 bits per heavy atom. The Kier molecular flexibility index (Phi) is 6.54. The van der Waals surface area contributed by atoms with Crippen LogP contribution in [0, 0.1) is 7.14 Å². The first-order valence-electron chi connectivity index (χ1n) is 8.67. The molecule has 4 aromatic rings. The van der Waals surface area contributed by atoms with Crippen molar-refractivity contribution >= 4 is 98.9 Å². The average Bonchev–Trinajstić information content (AvgIpc) is 3.27. The van der Waals surface area contributed by atoms with Crippen LogP contribution in [-0.4, -0.2) is 16.8 Å². The van der Waals surface area contributed by atoms with E-state index in [0.717, 1.165) is 18.5 Å². The highest BCUT2D eigenvalue weighted by Crippen LogP contribution is 2.33. The Morgan fingerprint density at radius 1 is 0.812 bits per heavy atom. The molecule has 0 aliphatic rings. The second kappa shape index (κ2) is 8.92. The van der Waals surface area contributed by atoms with Gasteiger partial charge in [0.2, 0.25) is 0 Å². The van der Waals surface area contributed by atoms with Crippen LogP contribution < -0.4 is 15.1 Å². The fourth-order valence-corrected chi connectivity index (χ4v) is 6.85. The van der Waals surface area contributed by atoms with Gasteiger partial charge in [-0.25, -0.2) is 21.6 Å². The number of halogens is 2. The van der Waals surface area contributed by atoms with Crippen LogP contribution in [0.1, 0.15) is 0 Å². The average molecular weight is 714 g/mol. The lowest BCUT2D eigenvalue weighted by Gasteiger charge is -2.16. The van der Waals surface area contributed by atoms with Gasteiger partial charge in [0, 0.05) is 18.6 Å². The first kappa shape index (κ1) is 23.5. The summed E-state index contributed by atoms with van der Waals surface area (Å²) in [5, 5.41) is 2.07. The minimum atomic E-state index is -4.08. The zero-order valence-corrected chi connectivity index (χ0v) is 22.5. The molecule has 32 heavy (non-hydrogen) atoms. The van der Waals surface area contributed by atoms with E-state index in [9.17, 15) is 21.6 Å². The van der Waals surface area contributed by atoms with E-state index in [1.165, 1.54) is 36.4 Å². The van der Waals surface area contributed by atoms with E-state index in [2.05, 4.69) is 9.44 Å². The Bertz CT molecular complexity index is 1600. The molecule has 2 aromatic heterocycles. The molecule has 0 bridgehead atoms. The van der Waals surface area contributed by atoms with Gasteiger partial charge >= 0.3 is 5.63 Å². The highest BCUT2D eigenvalue weighted by molar-refractivity contribution is 14.1. The van der Waals surface area contributed by atoms with Crippen LogP contribution in [0.3, 0.4) is 0 Å². The lowest BCUT2D eigenvalue weighted by atomic mass is 10.2. The van der Waals surface area contributed by atoms with Gasteiger partial charge in [-0.3, -0.25) is 9.44 Å². The third kappa shape index (κ3) is 4.95. The molecule has 0 unspecified atom stereocenters. The third-order valence-corrected chi connectivity index (χ3v) is 11.2. The Labute approximate surface area is 214 Å². The molecule has 0 saturated carbocycles. The normalized spacial score (nSPS) is 12.1. The van der Waals surface area contributed by atoms with Crippen molar-refractivity contribution in [3.05, 3.63) is 77.5 Å². The van der Waals surface area contributed by atoms with E-state index < -0.39 is 25.7 Å². The van der Waals surface area contributed by atoms with Crippen molar-refractivity contribution in [2.45, 2.75) is 9.10 Å². The zero-order valence-electron chi connectivity index (χ0n) is 15.7. The molecule has 0 saturated heterocycles. The Morgan fingerprint density at radius 3 is 2.09 bits per heavy atom. The zero-order chi connectivity index (χ0) is 23.1. The number of hydrogen-bond acceptors (Lipinski definition) is 7. The second-order valence-electron chi connectivity index (χ2n) is 6.41. The summed E-state index contributed by atoms with van der Waals surface area (Å²) in [4.78, 5) is 11.3. The van der Waals surface area contributed by atoms with E-state index in [0.29, 0.717) is 5.39 Å². The molecule has 0 atom stereocenters. The minimum absolute atomic E-state index is 0.0699. The highest BCUT2D eigenvalue weighted by atomic mass is 127. The van der Waals surface area contributed by atoms with E-state index in [1.807, 2.05) is 45.2 Å². The largest absolute Gasteiger partial charge is 0.423 e. The molecule has 0 spiro atoms. The molecule has 0 aliphatic heterocycles. The molecule has 166 valence electrons. The van der Waals surface area contributed by atoms with Crippen LogP contribution in [0.2, 0.25) is 0 Å². The van der Waals surface area contributed by atoms with Crippen molar-refractivity contribution < 1.29 is 21.3 Å². The van der Waals surface area contributed by atoms with E-state index in [-0.39, 0.29) is 26.1 Å². The number of anilines is 2. The Hall–Kier alpha value is -1.69. The third-order valence-electron chi connectivity index (χ3n) is 4.21. The maximum atomic E-state index is 13.1. The predicted octanol–water partition coefficient (Wildman–Crippen LogP) is 4.67. The number of rotatable bonds is 6. The van der Waals surface area contributed by atoms with Gasteiger partial charge in [-0.05, 0) is 93.0 Å². The first-order valence-corrected chi connectivity index (χ1v) is 14.7. The maximum Gasteiger partial charge on any atom is 0.336 e. The van der Waals surface area contributed by atoms with Crippen LogP contribution in [0.15, 0.2) is 78.3 Å². The number of fused-ring (bicyclic) bond motifs is 1. The molecular formula is C19H12I2N2O6S3. The van der Waals surface area contributed by atoms with Crippen LogP contribution >= 0.6 is 56.5 Å². The summed E-state index contributed by atoms with van der Waals surface area (Å²) < 4.78 is 63.1. The molecule has 2 heterocycles. The van der Waals surface area contributed by atoms with Gasteiger partial charge in [-0.15, -0.1) is 11.3 Å².